The van der Waals surface area contributed by atoms with Gasteiger partial charge in [-0.25, -0.2) is 0 Å². The summed E-state index contributed by atoms with van der Waals surface area (Å²) in [5, 5.41) is 5.00. The molecule has 7 heteroatoms. The molecule has 0 spiro atoms. The molecule has 3 aromatic rings. The summed E-state index contributed by atoms with van der Waals surface area (Å²) in [6.45, 7) is 3.87. The lowest BCUT2D eigenvalue weighted by Gasteiger charge is -2.23. The van der Waals surface area contributed by atoms with Crippen LogP contribution in [0.4, 0.5) is 0 Å². The van der Waals surface area contributed by atoms with Crippen molar-refractivity contribution < 1.29 is 9.32 Å². The highest BCUT2D eigenvalue weighted by Gasteiger charge is 2.30. The van der Waals surface area contributed by atoms with Crippen LogP contribution < -0.4 is 0 Å². The molecule has 1 fully saturated rings. The van der Waals surface area contributed by atoms with E-state index in [4.69, 9.17) is 4.52 Å². The summed E-state index contributed by atoms with van der Waals surface area (Å²) in [5.41, 5.74) is 1.64. The Balaban J connectivity index is 1.41. The van der Waals surface area contributed by atoms with Crippen molar-refractivity contribution in [2.24, 2.45) is 0 Å². The van der Waals surface area contributed by atoms with Gasteiger partial charge in [0.05, 0.1) is 6.54 Å². The first-order valence-electron chi connectivity index (χ1n) is 8.46. The van der Waals surface area contributed by atoms with E-state index in [9.17, 15) is 4.79 Å². The quantitative estimate of drug-likeness (QED) is 0.788. The SMILES string of the molecule is Cc1nc(CN(C)C2CCN(C(=O)c3cc4ccccc4[nH]3)C2)no1. The fourth-order valence-corrected chi connectivity index (χ4v) is 3.40. The number of H-pyrrole nitrogens is 1. The number of likely N-dealkylation sites (N-methyl/N-ethyl adjacent to an activating group) is 1. The molecule has 3 heterocycles. The predicted molar refractivity (Wildman–Crippen MR) is 93.1 cm³/mol. The molecule has 1 N–H and O–H groups in total. The molecule has 1 saturated heterocycles. The highest BCUT2D eigenvalue weighted by molar-refractivity contribution is 5.98. The fraction of sp³-hybridized carbons (Fsp3) is 0.389. The number of benzene rings is 1. The van der Waals surface area contributed by atoms with Gasteiger partial charge in [-0.15, -0.1) is 0 Å². The van der Waals surface area contributed by atoms with Gasteiger partial charge in [0.15, 0.2) is 5.82 Å². The van der Waals surface area contributed by atoms with Crippen LogP contribution >= 0.6 is 0 Å². The zero-order chi connectivity index (χ0) is 17.4. The topological polar surface area (TPSA) is 78.3 Å². The minimum atomic E-state index is 0.0579. The Labute approximate surface area is 145 Å². The Hall–Kier alpha value is -2.67. The van der Waals surface area contributed by atoms with E-state index in [1.807, 2.05) is 42.3 Å². The second-order valence-electron chi connectivity index (χ2n) is 6.61. The summed E-state index contributed by atoms with van der Waals surface area (Å²) >= 11 is 0. The molecule has 2 aromatic heterocycles. The van der Waals surface area contributed by atoms with Gasteiger partial charge in [-0.2, -0.15) is 4.98 Å². The number of hydrogen-bond donors (Lipinski definition) is 1. The van der Waals surface area contributed by atoms with Crippen molar-refractivity contribution in [1.29, 1.82) is 0 Å². The third-order valence-electron chi connectivity index (χ3n) is 4.79. The first-order valence-corrected chi connectivity index (χ1v) is 8.46. The predicted octanol–water partition coefficient (Wildman–Crippen LogP) is 2.21. The minimum absolute atomic E-state index is 0.0579. The van der Waals surface area contributed by atoms with Crippen molar-refractivity contribution in [2.75, 3.05) is 20.1 Å². The molecule has 0 saturated carbocycles. The summed E-state index contributed by atoms with van der Waals surface area (Å²) < 4.78 is 5.02. The Morgan fingerprint density at radius 1 is 1.44 bits per heavy atom. The fourth-order valence-electron chi connectivity index (χ4n) is 3.40. The van der Waals surface area contributed by atoms with E-state index in [-0.39, 0.29) is 5.91 Å². The molecule has 1 aliphatic rings. The van der Waals surface area contributed by atoms with Gasteiger partial charge in [0.1, 0.15) is 5.69 Å². The van der Waals surface area contributed by atoms with Crippen LogP contribution in [0.1, 0.15) is 28.6 Å². The van der Waals surface area contributed by atoms with Gasteiger partial charge in [0, 0.05) is 37.0 Å². The minimum Gasteiger partial charge on any atom is -0.351 e. The summed E-state index contributed by atoms with van der Waals surface area (Å²) in [6.07, 6.45) is 0.944. The van der Waals surface area contributed by atoms with Crippen LogP contribution in [0.5, 0.6) is 0 Å². The molecule has 25 heavy (non-hydrogen) atoms. The number of fused-ring (bicyclic) bond motifs is 1. The van der Waals surface area contributed by atoms with E-state index in [2.05, 4.69) is 20.0 Å². The van der Waals surface area contributed by atoms with Gasteiger partial charge in [-0.1, -0.05) is 23.4 Å². The number of aromatic nitrogens is 3. The van der Waals surface area contributed by atoms with E-state index >= 15 is 0 Å². The number of para-hydroxylation sites is 1. The molecule has 1 aliphatic heterocycles. The average molecular weight is 339 g/mol. The molecule has 0 aliphatic carbocycles. The molecule has 1 unspecified atom stereocenters. The Morgan fingerprint density at radius 3 is 3.04 bits per heavy atom. The number of amides is 1. The van der Waals surface area contributed by atoms with Gasteiger partial charge in [0.25, 0.3) is 5.91 Å². The van der Waals surface area contributed by atoms with Crippen LogP contribution in [0, 0.1) is 6.92 Å². The van der Waals surface area contributed by atoms with Crippen LogP contribution in [0.2, 0.25) is 0 Å². The molecule has 1 amide bonds. The third-order valence-corrected chi connectivity index (χ3v) is 4.79. The second-order valence-corrected chi connectivity index (χ2v) is 6.61. The smallest absolute Gasteiger partial charge is 0.270 e. The molecular weight excluding hydrogens is 318 g/mol. The number of nitrogens with zero attached hydrogens (tertiary/aromatic N) is 4. The Bertz CT molecular complexity index is 867. The lowest BCUT2D eigenvalue weighted by Crippen LogP contribution is -2.36. The van der Waals surface area contributed by atoms with E-state index in [1.165, 1.54) is 0 Å². The average Bonchev–Trinajstić information content (AvgIpc) is 3.33. The Kier molecular flexibility index (Phi) is 4.01. The molecule has 4 rings (SSSR count). The van der Waals surface area contributed by atoms with Gasteiger partial charge in [-0.3, -0.25) is 9.69 Å². The van der Waals surface area contributed by atoms with Crippen molar-refractivity contribution in [3.8, 4) is 0 Å². The highest BCUT2D eigenvalue weighted by atomic mass is 16.5. The maximum absolute atomic E-state index is 12.8. The molecule has 1 aromatic carbocycles. The summed E-state index contributed by atoms with van der Waals surface area (Å²) in [6, 6.07) is 10.2. The van der Waals surface area contributed by atoms with E-state index < -0.39 is 0 Å². The van der Waals surface area contributed by atoms with Crippen molar-refractivity contribution >= 4 is 16.8 Å². The zero-order valence-corrected chi connectivity index (χ0v) is 14.4. The Morgan fingerprint density at radius 2 is 2.28 bits per heavy atom. The lowest BCUT2D eigenvalue weighted by atomic mass is 10.2. The number of hydrogen-bond acceptors (Lipinski definition) is 5. The lowest BCUT2D eigenvalue weighted by molar-refractivity contribution is 0.0774. The van der Waals surface area contributed by atoms with Gasteiger partial charge in [-0.05, 0) is 25.6 Å². The molecule has 0 bridgehead atoms. The first kappa shape index (κ1) is 15.8. The van der Waals surface area contributed by atoms with E-state index in [0.717, 1.165) is 23.9 Å². The van der Waals surface area contributed by atoms with Crippen molar-refractivity contribution in [3.05, 3.63) is 47.7 Å². The van der Waals surface area contributed by atoms with E-state index in [1.54, 1.807) is 6.92 Å². The van der Waals surface area contributed by atoms with Crippen LogP contribution in [-0.2, 0) is 6.54 Å². The highest BCUT2D eigenvalue weighted by Crippen LogP contribution is 2.21. The summed E-state index contributed by atoms with van der Waals surface area (Å²) in [7, 11) is 2.03. The first-order chi connectivity index (χ1) is 12.1. The van der Waals surface area contributed by atoms with Crippen LogP contribution in [0.25, 0.3) is 10.9 Å². The zero-order valence-electron chi connectivity index (χ0n) is 14.4. The van der Waals surface area contributed by atoms with Crippen LogP contribution in [0.15, 0.2) is 34.9 Å². The molecule has 1 atom stereocenters. The maximum Gasteiger partial charge on any atom is 0.270 e. The van der Waals surface area contributed by atoms with Crippen molar-refractivity contribution in [3.63, 3.8) is 0 Å². The largest absolute Gasteiger partial charge is 0.351 e. The van der Waals surface area contributed by atoms with Crippen LogP contribution in [-0.4, -0.2) is 57.0 Å². The van der Waals surface area contributed by atoms with Crippen molar-refractivity contribution in [1.82, 2.24) is 24.9 Å². The second kappa shape index (κ2) is 6.33. The summed E-state index contributed by atoms with van der Waals surface area (Å²) in [4.78, 5) is 24.3. The standard InChI is InChI=1S/C18H21N5O2/c1-12-19-17(21-25-12)11-22(2)14-7-8-23(10-14)18(24)16-9-13-5-3-4-6-15(13)20-16/h3-6,9,14,20H,7-8,10-11H2,1-2H3. The summed E-state index contributed by atoms with van der Waals surface area (Å²) in [5.74, 6) is 1.31. The molecular formula is C18H21N5O2. The maximum atomic E-state index is 12.8. The number of carbonyl (C=O) groups is 1. The van der Waals surface area contributed by atoms with Gasteiger partial charge < -0.3 is 14.4 Å². The monoisotopic (exact) mass is 339 g/mol. The molecule has 0 radical (unpaired) electrons. The molecule has 7 nitrogen and oxygen atoms in total. The number of aromatic amines is 1. The number of aryl methyl sites for hydroxylation is 1. The number of nitrogens with one attached hydrogen (secondary N) is 1. The normalized spacial score (nSPS) is 17.7. The molecule has 130 valence electrons. The number of carbonyl (C=O) groups excluding carboxylic acids is 1. The van der Waals surface area contributed by atoms with E-state index in [0.29, 0.717) is 36.5 Å². The van der Waals surface area contributed by atoms with Crippen molar-refractivity contribution in [2.45, 2.75) is 25.9 Å². The van der Waals surface area contributed by atoms with Crippen LogP contribution in [0.3, 0.4) is 0 Å². The van der Waals surface area contributed by atoms with Gasteiger partial charge >= 0.3 is 0 Å². The number of rotatable bonds is 4. The number of likely N-dealkylation sites (tertiary alicyclic amines) is 1. The van der Waals surface area contributed by atoms with Gasteiger partial charge in [0.2, 0.25) is 5.89 Å². The third kappa shape index (κ3) is 3.15.